The van der Waals surface area contributed by atoms with Crippen molar-refractivity contribution in [1.82, 2.24) is 0 Å². The average molecular weight is 191 g/mol. The third kappa shape index (κ3) is 5.01. The summed E-state index contributed by atoms with van der Waals surface area (Å²) in [6.07, 6.45) is 3.65. The van der Waals surface area contributed by atoms with Gasteiger partial charge in [-0.2, -0.15) is 11.8 Å². The zero-order valence-corrected chi connectivity index (χ0v) is 9.10. The molecule has 2 unspecified atom stereocenters. The van der Waals surface area contributed by atoms with Crippen molar-refractivity contribution in [2.45, 2.75) is 38.8 Å². The van der Waals surface area contributed by atoms with Crippen molar-refractivity contribution in [3.63, 3.8) is 0 Å². The second-order valence-electron chi connectivity index (χ2n) is 3.52. The molecule has 0 fully saturated rings. The third-order valence-electron chi connectivity index (χ3n) is 2.06. The summed E-state index contributed by atoms with van der Waals surface area (Å²) in [4.78, 5) is 0. The molecule has 0 heterocycles. The Kier molecular flexibility index (Phi) is 6.90. The smallest absolute Gasteiger partial charge is 0.0693 e. The standard InChI is InChI=1S/C9H21NOS/c1-7(2)9(10)8(11)5-4-6-12-3/h7-9,11H,4-6,10H2,1-3H3. The SMILES string of the molecule is CSCCCC(O)C(N)C(C)C. The highest BCUT2D eigenvalue weighted by Crippen LogP contribution is 2.10. The molecule has 0 spiro atoms. The first kappa shape index (κ1) is 12.3. The Morgan fingerprint density at radius 3 is 2.42 bits per heavy atom. The van der Waals surface area contributed by atoms with Gasteiger partial charge in [0.2, 0.25) is 0 Å². The summed E-state index contributed by atoms with van der Waals surface area (Å²) in [5.41, 5.74) is 5.79. The Morgan fingerprint density at radius 2 is 2.00 bits per heavy atom. The molecule has 0 aromatic rings. The number of aliphatic hydroxyl groups excluding tert-OH is 1. The molecule has 2 atom stereocenters. The van der Waals surface area contributed by atoms with Gasteiger partial charge in [0, 0.05) is 6.04 Å². The van der Waals surface area contributed by atoms with Gasteiger partial charge in [-0.15, -0.1) is 0 Å². The van der Waals surface area contributed by atoms with E-state index in [4.69, 9.17) is 5.73 Å². The second kappa shape index (κ2) is 6.75. The molecule has 0 amide bonds. The summed E-state index contributed by atoms with van der Waals surface area (Å²) in [6.45, 7) is 4.09. The third-order valence-corrected chi connectivity index (χ3v) is 2.76. The lowest BCUT2D eigenvalue weighted by atomic mass is 9.97. The molecule has 3 heteroatoms. The predicted octanol–water partition coefficient (Wildman–Crippen LogP) is 1.47. The summed E-state index contributed by atoms with van der Waals surface area (Å²) < 4.78 is 0. The molecule has 0 saturated heterocycles. The van der Waals surface area contributed by atoms with E-state index in [0.29, 0.717) is 5.92 Å². The molecule has 0 aromatic carbocycles. The molecule has 0 aromatic heterocycles. The molecule has 0 aliphatic heterocycles. The maximum absolute atomic E-state index is 9.58. The maximum atomic E-state index is 9.58. The fourth-order valence-corrected chi connectivity index (χ4v) is 1.53. The van der Waals surface area contributed by atoms with Gasteiger partial charge in [-0.05, 0) is 30.8 Å². The summed E-state index contributed by atoms with van der Waals surface area (Å²) in [7, 11) is 0. The zero-order chi connectivity index (χ0) is 9.56. The molecular formula is C9H21NOS. The van der Waals surface area contributed by atoms with Crippen LogP contribution < -0.4 is 5.73 Å². The lowest BCUT2D eigenvalue weighted by Crippen LogP contribution is -2.39. The highest BCUT2D eigenvalue weighted by molar-refractivity contribution is 7.98. The van der Waals surface area contributed by atoms with Crippen molar-refractivity contribution in [2.75, 3.05) is 12.0 Å². The number of thioether (sulfide) groups is 1. The lowest BCUT2D eigenvalue weighted by Gasteiger charge is -2.21. The van der Waals surface area contributed by atoms with Crippen LogP contribution in [0.4, 0.5) is 0 Å². The van der Waals surface area contributed by atoms with Crippen molar-refractivity contribution in [3.05, 3.63) is 0 Å². The van der Waals surface area contributed by atoms with E-state index in [1.807, 2.05) is 25.6 Å². The number of nitrogens with two attached hydrogens (primary N) is 1. The number of rotatable bonds is 6. The summed E-state index contributed by atoms with van der Waals surface area (Å²) in [5.74, 6) is 1.48. The fraction of sp³-hybridized carbons (Fsp3) is 1.00. The number of aliphatic hydroxyl groups is 1. The Hall–Kier alpha value is 0.270. The Bertz CT molecular complexity index is 109. The first-order valence-corrected chi connectivity index (χ1v) is 5.91. The summed E-state index contributed by atoms with van der Waals surface area (Å²) in [5, 5.41) is 9.58. The van der Waals surface area contributed by atoms with Gasteiger partial charge < -0.3 is 10.8 Å². The minimum absolute atomic E-state index is 0.0631. The molecular weight excluding hydrogens is 170 g/mol. The van der Waals surface area contributed by atoms with Crippen LogP contribution in [0, 0.1) is 5.92 Å². The second-order valence-corrected chi connectivity index (χ2v) is 4.51. The van der Waals surface area contributed by atoms with Gasteiger partial charge >= 0.3 is 0 Å². The van der Waals surface area contributed by atoms with E-state index in [9.17, 15) is 5.11 Å². The highest BCUT2D eigenvalue weighted by Gasteiger charge is 2.16. The summed E-state index contributed by atoms with van der Waals surface area (Å²) in [6, 6.07) is -0.0631. The first-order chi connectivity index (χ1) is 5.59. The Morgan fingerprint density at radius 1 is 1.42 bits per heavy atom. The quantitative estimate of drug-likeness (QED) is 0.625. The normalized spacial score (nSPS) is 16.5. The molecule has 12 heavy (non-hydrogen) atoms. The molecule has 0 rings (SSSR count). The van der Waals surface area contributed by atoms with Crippen LogP contribution in [0.3, 0.4) is 0 Å². The van der Waals surface area contributed by atoms with E-state index >= 15 is 0 Å². The average Bonchev–Trinajstić information content (AvgIpc) is 2.03. The maximum Gasteiger partial charge on any atom is 0.0693 e. The van der Waals surface area contributed by atoms with Crippen LogP contribution in [-0.4, -0.2) is 29.3 Å². The molecule has 0 bridgehead atoms. The lowest BCUT2D eigenvalue weighted by molar-refractivity contribution is 0.115. The van der Waals surface area contributed by atoms with E-state index in [1.54, 1.807) is 0 Å². The van der Waals surface area contributed by atoms with Gasteiger partial charge in [0.05, 0.1) is 6.10 Å². The van der Waals surface area contributed by atoms with Crippen LogP contribution in [0.1, 0.15) is 26.7 Å². The van der Waals surface area contributed by atoms with Crippen LogP contribution in [0.5, 0.6) is 0 Å². The predicted molar refractivity (Wildman–Crippen MR) is 56.4 cm³/mol. The minimum Gasteiger partial charge on any atom is -0.392 e. The molecule has 0 aliphatic carbocycles. The number of hydrogen-bond donors (Lipinski definition) is 2. The van der Waals surface area contributed by atoms with Gasteiger partial charge in [0.1, 0.15) is 0 Å². The Labute approximate surface area is 79.9 Å². The summed E-state index contributed by atoms with van der Waals surface area (Å²) >= 11 is 1.81. The fourth-order valence-electron chi connectivity index (χ4n) is 1.07. The van der Waals surface area contributed by atoms with Gasteiger partial charge in [-0.3, -0.25) is 0 Å². The van der Waals surface area contributed by atoms with Crippen LogP contribution in [0.2, 0.25) is 0 Å². The topological polar surface area (TPSA) is 46.2 Å². The van der Waals surface area contributed by atoms with Crippen LogP contribution in [0.25, 0.3) is 0 Å². The van der Waals surface area contributed by atoms with Gasteiger partial charge in [-0.1, -0.05) is 13.8 Å². The van der Waals surface area contributed by atoms with Gasteiger partial charge in [0.25, 0.3) is 0 Å². The molecule has 74 valence electrons. The highest BCUT2D eigenvalue weighted by atomic mass is 32.2. The van der Waals surface area contributed by atoms with E-state index < -0.39 is 0 Å². The van der Waals surface area contributed by atoms with Crippen LogP contribution >= 0.6 is 11.8 Å². The first-order valence-electron chi connectivity index (χ1n) is 4.52. The van der Waals surface area contributed by atoms with E-state index in [-0.39, 0.29) is 12.1 Å². The molecule has 0 radical (unpaired) electrons. The minimum atomic E-state index is -0.322. The monoisotopic (exact) mass is 191 g/mol. The van der Waals surface area contributed by atoms with E-state index in [1.165, 1.54) is 0 Å². The molecule has 0 saturated carbocycles. The van der Waals surface area contributed by atoms with Crippen LogP contribution in [-0.2, 0) is 0 Å². The molecule has 3 N–H and O–H groups in total. The van der Waals surface area contributed by atoms with Crippen molar-refractivity contribution >= 4 is 11.8 Å². The van der Waals surface area contributed by atoms with Crippen LogP contribution in [0.15, 0.2) is 0 Å². The van der Waals surface area contributed by atoms with Crippen molar-refractivity contribution in [2.24, 2.45) is 11.7 Å². The molecule has 2 nitrogen and oxygen atoms in total. The van der Waals surface area contributed by atoms with Gasteiger partial charge in [0.15, 0.2) is 0 Å². The zero-order valence-electron chi connectivity index (χ0n) is 8.29. The largest absolute Gasteiger partial charge is 0.392 e. The van der Waals surface area contributed by atoms with Crippen molar-refractivity contribution in [1.29, 1.82) is 0 Å². The Balaban J connectivity index is 3.49. The number of hydrogen-bond acceptors (Lipinski definition) is 3. The van der Waals surface area contributed by atoms with E-state index in [2.05, 4.69) is 6.26 Å². The van der Waals surface area contributed by atoms with Crippen molar-refractivity contribution in [3.8, 4) is 0 Å². The van der Waals surface area contributed by atoms with Gasteiger partial charge in [-0.25, -0.2) is 0 Å². The molecule has 0 aliphatic rings. The van der Waals surface area contributed by atoms with Crippen molar-refractivity contribution < 1.29 is 5.11 Å². The van der Waals surface area contributed by atoms with E-state index in [0.717, 1.165) is 18.6 Å².